The SMILES string of the molecule is COc1cc(C(=O)NC(C)(C)CO)c(F)cc1N. The highest BCUT2D eigenvalue weighted by Crippen LogP contribution is 2.25. The van der Waals surface area contributed by atoms with Crippen molar-refractivity contribution in [1.82, 2.24) is 5.32 Å². The lowest BCUT2D eigenvalue weighted by atomic mass is 10.1. The van der Waals surface area contributed by atoms with Crippen LogP contribution in [0.5, 0.6) is 5.75 Å². The molecule has 0 radical (unpaired) electrons. The fraction of sp³-hybridized carbons (Fsp3) is 0.417. The van der Waals surface area contributed by atoms with E-state index in [1.165, 1.54) is 13.2 Å². The van der Waals surface area contributed by atoms with Crippen molar-refractivity contribution in [2.24, 2.45) is 0 Å². The first-order valence-corrected chi connectivity index (χ1v) is 5.37. The molecule has 1 aromatic carbocycles. The van der Waals surface area contributed by atoms with Gasteiger partial charge in [-0.15, -0.1) is 0 Å². The fourth-order valence-electron chi connectivity index (χ4n) is 1.33. The molecule has 0 aliphatic heterocycles. The van der Waals surface area contributed by atoms with Crippen LogP contribution in [0, 0.1) is 5.82 Å². The van der Waals surface area contributed by atoms with Crippen molar-refractivity contribution >= 4 is 11.6 Å². The van der Waals surface area contributed by atoms with Crippen LogP contribution >= 0.6 is 0 Å². The minimum atomic E-state index is -0.835. The molecule has 0 heterocycles. The molecule has 1 aromatic rings. The second-order valence-electron chi connectivity index (χ2n) is 4.57. The van der Waals surface area contributed by atoms with Gasteiger partial charge in [-0.1, -0.05) is 0 Å². The zero-order chi connectivity index (χ0) is 13.9. The molecular formula is C12H17FN2O3. The van der Waals surface area contributed by atoms with Crippen molar-refractivity contribution < 1.29 is 19.0 Å². The molecule has 0 aliphatic carbocycles. The van der Waals surface area contributed by atoms with E-state index in [1.54, 1.807) is 13.8 Å². The largest absolute Gasteiger partial charge is 0.495 e. The molecule has 6 heteroatoms. The lowest BCUT2D eigenvalue weighted by Gasteiger charge is -2.23. The van der Waals surface area contributed by atoms with Gasteiger partial charge in [-0.3, -0.25) is 4.79 Å². The van der Waals surface area contributed by atoms with Crippen molar-refractivity contribution in [2.45, 2.75) is 19.4 Å². The highest BCUT2D eigenvalue weighted by Gasteiger charge is 2.23. The van der Waals surface area contributed by atoms with E-state index in [0.717, 1.165) is 6.07 Å². The molecule has 0 atom stereocenters. The van der Waals surface area contributed by atoms with E-state index in [-0.39, 0.29) is 23.6 Å². The molecule has 1 rings (SSSR count). The van der Waals surface area contributed by atoms with E-state index < -0.39 is 17.3 Å². The molecule has 18 heavy (non-hydrogen) atoms. The van der Waals surface area contributed by atoms with Gasteiger partial charge in [-0.25, -0.2) is 4.39 Å². The van der Waals surface area contributed by atoms with E-state index in [9.17, 15) is 9.18 Å². The molecule has 0 spiro atoms. The number of nitrogens with two attached hydrogens (primary N) is 1. The normalized spacial score (nSPS) is 11.2. The second kappa shape index (κ2) is 5.22. The van der Waals surface area contributed by atoms with Crippen LogP contribution in [-0.2, 0) is 0 Å². The van der Waals surface area contributed by atoms with Gasteiger partial charge in [-0.05, 0) is 19.9 Å². The Morgan fingerprint density at radius 3 is 2.67 bits per heavy atom. The maximum atomic E-state index is 13.6. The van der Waals surface area contributed by atoms with Crippen LogP contribution in [0.1, 0.15) is 24.2 Å². The highest BCUT2D eigenvalue weighted by molar-refractivity contribution is 5.96. The van der Waals surface area contributed by atoms with Gasteiger partial charge in [0.05, 0.1) is 30.5 Å². The number of carbonyl (C=O) groups is 1. The Labute approximate surface area is 105 Å². The maximum absolute atomic E-state index is 13.6. The highest BCUT2D eigenvalue weighted by atomic mass is 19.1. The van der Waals surface area contributed by atoms with E-state index >= 15 is 0 Å². The number of nitrogen functional groups attached to an aromatic ring is 1. The van der Waals surface area contributed by atoms with Crippen molar-refractivity contribution in [3.8, 4) is 5.75 Å². The third-order valence-corrected chi connectivity index (χ3v) is 2.41. The number of amides is 1. The third-order valence-electron chi connectivity index (χ3n) is 2.41. The number of hydrogen-bond acceptors (Lipinski definition) is 4. The Morgan fingerprint density at radius 2 is 2.17 bits per heavy atom. The summed E-state index contributed by atoms with van der Waals surface area (Å²) in [5.74, 6) is -1.15. The monoisotopic (exact) mass is 256 g/mol. The molecule has 0 unspecified atom stereocenters. The molecule has 100 valence electrons. The van der Waals surface area contributed by atoms with Gasteiger partial charge in [0.25, 0.3) is 5.91 Å². The van der Waals surface area contributed by atoms with Gasteiger partial charge < -0.3 is 20.9 Å². The summed E-state index contributed by atoms with van der Waals surface area (Å²) in [7, 11) is 1.38. The van der Waals surface area contributed by atoms with Gasteiger partial charge in [0.15, 0.2) is 0 Å². The number of benzene rings is 1. The molecule has 0 bridgehead atoms. The van der Waals surface area contributed by atoms with Crippen LogP contribution in [0.3, 0.4) is 0 Å². The fourth-order valence-corrected chi connectivity index (χ4v) is 1.33. The van der Waals surface area contributed by atoms with E-state index in [4.69, 9.17) is 15.6 Å². The number of anilines is 1. The quantitative estimate of drug-likeness (QED) is 0.699. The molecular weight excluding hydrogens is 239 g/mol. The van der Waals surface area contributed by atoms with Gasteiger partial charge in [0.1, 0.15) is 11.6 Å². The number of carbonyl (C=O) groups excluding carboxylic acids is 1. The van der Waals surface area contributed by atoms with Crippen molar-refractivity contribution in [2.75, 3.05) is 19.5 Å². The van der Waals surface area contributed by atoms with Crippen LogP contribution in [0.2, 0.25) is 0 Å². The Kier molecular flexibility index (Phi) is 4.13. The number of aliphatic hydroxyl groups is 1. The summed E-state index contributed by atoms with van der Waals surface area (Å²) in [5, 5.41) is 11.6. The van der Waals surface area contributed by atoms with Crippen LogP contribution < -0.4 is 15.8 Å². The number of aliphatic hydroxyl groups excluding tert-OH is 1. The number of nitrogens with one attached hydrogen (secondary N) is 1. The molecule has 0 aromatic heterocycles. The average Bonchev–Trinajstić information content (AvgIpc) is 2.28. The molecule has 0 fully saturated rings. The summed E-state index contributed by atoms with van der Waals surface area (Å²) in [5.41, 5.74) is 4.62. The van der Waals surface area contributed by atoms with Gasteiger partial charge in [0.2, 0.25) is 0 Å². The Bertz CT molecular complexity index is 461. The Morgan fingerprint density at radius 1 is 1.56 bits per heavy atom. The predicted molar refractivity (Wildman–Crippen MR) is 66.0 cm³/mol. The van der Waals surface area contributed by atoms with Crippen LogP contribution in [-0.4, -0.2) is 30.3 Å². The summed E-state index contributed by atoms with van der Waals surface area (Å²) in [4.78, 5) is 11.9. The predicted octanol–water partition coefficient (Wildman–Crippen LogP) is 0.917. The summed E-state index contributed by atoms with van der Waals surface area (Å²) >= 11 is 0. The van der Waals surface area contributed by atoms with Crippen LogP contribution in [0.4, 0.5) is 10.1 Å². The van der Waals surface area contributed by atoms with Crippen molar-refractivity contribution in [1.29, 1.82) is 0 Å². The van der Waals surface area contributed by atoms with E-state index in [0.29, 0.717) is 0 Å². The molecule has 1 amide bonds. The van der Waals surface area contributed by atoms with E-state index in [2.05, 4.69) is 5.32 Å². The Hall–Kier alpha value is -1.82. The lowest BCUT2D eigenvalue weighted by Crippen LogP contribution is -2.46. The Balaban J connectivity index is 3.06. The van der Waals surface area contributed by atoms with Crippen molar-refractivity contribution in [3.05, 3.63) is 23.5 Å². The topological polar surface area (TPSA) is 84.6 Å². The molecule has 5 nitrogen and oxygen atoms in total. The van der Waals surface area contributed by atoms with Crippen molar-refractivity contribution in [3.63, 3.8) is 0 Å². The average molecular weight is 256 g/mol. The van der Waals surface area contributed by atoms with Crippen LogP contribution in [0.25, 0.3) is 0 Å². The summed E-state index contributed by atoms with van der Waals surface area (Å²) in [6, 6.07) is 2.26. The number of rotatable bonds is 4. The molecule has 4 N–H and O–H groups in total. The van der Waals surface area contributed by atoms with Gasteiger partial charge in [0, 0.05) is 6.07 Å². The number of halogens is 1. The number of ether oxygens (including phenoxy) is 1. The number of hydrogen-bond donors (Lipinski definition) is 3. The lowest BCUT2D eigenvalue weighted by molar-refractivity contribution is 0.0865. The number of methoxy groups -OCH3 is 1. The first kappa shape index (κ1) is 14.2. The summed E-state index contributed by atoms with van der Waals surface area (Å²) in [6.45, 7) is 2.99. The maximum Gasteiger partial charge on any atom is 0.254 e. The van der Waals surface area contributed by atoms with Gasteiger partial charge in [-0.2, -0.15) is 0 Å². The van der Waals surface area contributed by atoms with Crippen LogP contribution in [0.15, 0.2) is 12.1 Å². The smallest absolute Gasteiger partial charge is 0.254 e. The van der Waals surface area contributed by atoms with Gasteiger partial charge >= 0.3 is 0 Å². The first-order chi connectivity index (χ1) is 8.30. The summed E-state index contributed by atoms with van der Waals surface area (Å²) in [6.07, 6.45) is 0. The first-order valence-electron chi connectivity index (χ1n) is 5.37. The molecule has 0 saturated heterocycles. The zero-order valence-corrected chi connectivity index (χ0v) is 10.6. The summed E-state index contributed by atoms with van der Waals surface area (Å²) < 4.78 is 18.6. The zero-order valence-electron chi connectivity index (χ0n) is 10.6. The molecule has 0 aliphatic rings. The third kappa shape index (κ3) is 3.10. The second-order valence-corrected chi connectivity index (χ2v) is 4.57. The standard InChI is InChI=1S/C12H17FN2O3/c1-12(2,6-16)15-11(17)7-4-10(18-3)9(14)5-8(7)13/h4-5,16H,6,14H2,1-3H3,(H,15,17). The minimum Gasteiger partial charge on any atom is -0.495 e. The minimum absolute atomic E-state index is 0.118. The molecule has 0 saturated carbocycles. The van der Waals surface area contributed by atoms with E-state index in [1.807, 2.05) is 0 Å².